The minimum Gasteiger partial charge on any atom is -0.349 e. The van der Waals surface area contributed by atoms with E-state index >= 15 is 0 Å². The molecule has 0 fully saturated rings. The van der Waals surface area contributed by atoms with Crippen LogP contribution in [0.25, 0.3) is 22.5 Å². The minimum atomic E-state index is -0.115. The maximum absolute atomic E-state index is 12.8. The number of imidazole rings is 1. The lowest BCUT2D eigenvalue weighted by Crippen LogP contribution is -2.27. The highest BCUT2D eigenvalue weighted by atomic mass is 16.2. The fraction of sp³-hybridized carbons (Fsp3) is 0.360. The topological polar surface area (TPSA) is 46.9 Å². The smallest absolute Gasteiger partial charge is 0.287 e. The van der Waals surface area contributed by atoms with Crippen LogP contribution in [0.4, 0.5) is 0 Å². The van der Waals surface area contributed by atoms with Gasteiger partial charge in [0.05, 0.1) is 11.4 Å². The first kappa shape index (κ1) is 20.8. The molecule has 0 atom stereocenters. The van der Waals surface area contributed by atoms with Gasteiger partial charge in [0.2, 0.25) is 0 Å². The summed E-state index contributed by atoms with van der Waals surface area (Å²) in [5, 5.41) is 3.04. The highest BCUT2D eigenvalue weighted by Crippen LogP contribution is 2.32. The first-order chi connectivity index (χ1) is 14.0. The number of aryl methyl sites for hydroxylation is 2. The number of hydrogen-bond donors (Lipinski definition) is 1. The van der Waals surface area contributed by atoms with Gasteiger partial charge in [-0.3, -0.25) is 4.79 Å². The summed E-state index contributed by atoms with van der Waals surface area (Å²) in [5.74, 6) is 0.336. The molecule has 1 heterocycles. The van der Waals surface area contributed by atoms with Gasteiger partial charge in [0, 0.05) is 24.7 Å². The van der Waals surface area contributed by atoms with Crippen LogP contribution in [0.1, 0.15) is 54.4 Å². The Balaban J connectivity index is 1.96. The molecule has 1 N–H and O–H groups in total. The Morgan fingerprint density at radius 2 is 1.48 bits per heavy atom. The highest BCUT2D eigenvalue weighted by Gasteiger charge is 2.22. The van der Waals surface area contributed by atoms with E-state index in [1.807, 2.05) is 11.6 Å². The van der Waals surface area contributed by atoms with Crippen molar-refractivity contribution in [2.24, 2.45) is 7.05 Å². The van der Waals surface area contributed by atoms with Crippen molar-refractivity contribution in [3.63, 3.8) is 0 Å². The standard InChI is InChI=1S/C25H31N3O/c1-5-6-7-8-17-26-25(29)24-27-22(20-13-9-18(2)10-14-20)23(28(24)4)21-15-11-19(3)12-16-21/h9-16H,5-8,17H2,1-4H3,(H,26,29). The van der Waals surface area contributed by atoms with Gasteiger partial charge in [0.1, 0.15) is 0 Å². The largest absolute Gasteiger partial charge is 0.349 e. The predicted molar refractivity (Wildman–Crippen MR) is 120 cm³/mol. The summed E-state index contributed by atoms with van der Waals surface area (Å²) in [5.41, 5.74) is 6.29. The third-order valence-electron chi connectivity index (χ3n) is 5.26. The molecule has 4 nitrogen and oxygen atoms in total. The Morgan fingerprint density at radius 3 is 2.07 bits per heavy atom. The normalized spacial score (nSPS) is 10.9. The highest BCUT2D eigenvalue weighted by molar-refractivity contribution is 5.94. The van der Waals surface area contributed by atoms with Crippen LogP contribution >= 0.6 is 0 Å². The number of hydrogen-bond acceptors (Lipinski definition) is 2. The number of carbonyl (C=O) groups is 1. The second-order valence-corrected chi connectivity index (χ2v) is 7.74. The Bertz CT molecular complexity index is 953. The molecule has 0 saturated heterocycles. The summed E-state index contributed by atoms with van der Waals surface area (Å²) in [7, 11) is 1.92. The average Bonchev–Trinajstić information content (AvgIpc) is 3.06. The zero-order valence-corrected chi connectivity index (χ0v) is 18.0. The summed E-state index contributed by atoms with van der Waals surface area (Å²) in [6.45, 7) is 7.02. The lowest BCUT2D eigenvalue weighted by atomic mass is 10.0. The maximum Gasteiger partial charge on any atom is 0.287 e. The van der Waals surface area contributed by atoms with Gasteiger partial charge in [-0.05, 0) is 20.3 Å². The molecule has 4 heteroatoms. The number of nitrogens with one attached hydrogen (secondary N) is 1. The zero-order valence-electron chi connectivity index (χ0n) is 18.0. The molecule has 0 aliphatic carbocycles. The van der Waals surface area contributed by atoms with E-state index in [1.165, 1.54) is 24.0 Å². The van der Waals surface area contributed by atoms with Gasteiger partial charge in [-0.2, -0.15) is 0 Å². The average molecular weight is 390 g/mol. The molecule has 152 valence electrons. The van der Waals surface area contributed by atoms with E-state index in [0.29, 0.717) is 12.4 Å². The van der Waals surface area contributed by atoms with Crippen molar-refractivity contribution < 1.29 is 4.79 Å². The van der Waals surface area contributed by atoms with Gasteiger partial charge in [-0.1, -0.05) is 85.8 Å². The quantitative estimate of drug-likeness (QED) is 0.504. The van der Waals surface area contributed by atoms with E-state index in [2.05, 4.69) is 74.6 Å². The van der Waals surface area contributed by atoms with Crippen molar-refractivity contribution in [1.29, 1.82) is 0 Å². The van der Waals surface area contributed by atoms with Crippen LogP contribution in [0.5, 0.6) is 0 Å². The van der Waals surface area contributed by atoms with Gasteiger partial charge >= 0.3 is 0 Å². The van der Waals surface area contributed by atoms with Crippen molar-refractivity contribution >= 4 is 5.91 Å². The van der Waals surface area contributed by atoms with Crippen molar-refractivity contribution in [2.75, 3.05) is 6.54 Å². The monoisotopic (exact) mass is 389 g/mol. The minimum absolute atomic E-state index is 0.115. The van der Waals surface area contributed by atoms with E-state index in [-0.39, 0.29) is 5.91 Å². The second-order valence-electron chi connectivity index (χ2n) is 7.74. The van der Waals surface area contributed by atoms with Crippen LogP contribution in [-0.2, 0) is 7.05 Å². The van der Waals surface area contributed by atoms with Crippen molar-refractivity contribution in [3.05, 3.63) is 65.5 Å². The van der Waals surface area contributed by atoms with Crippen molar-refractivity contribution in [3.8, 4) is 22.5 Å². The van der Waals surface area contributed by atoms with Crippen LogP contribution in [0.15, 0.2) is 48.5 Å². The maximum atomic E-state index is 12.8. The predicted octanol–water partition coefficient (Wildman–Crippen LogP) is 5.68. The molecular formula is C25H31N3O. The number of amides is 1. The fourth-order valence-electron chi connectivity index (χ4n) is 3.49. The number of nitrogens with zero attached hydrogens (tertiary/aromatic N) is 2. The lowest BCUT2D eigenvalue weighted by Gasteiger charge is -2.09. The van der Waals surface area contributed by atoms with Gasteiger partial charge in [0.25, 0.3) is 5.91 Å². The fourth-order valence-corrected chi connectivity index (χ4v) is 3.49. The van der Waals surface area contributed by atoms with E-state index in [1.54, 1.807) is 0 Å². The summed E-state index contributed by atoms with van der Waals surface area (Å²) in [4.78, 5) is 17.6. The van der Waals surface area contributed by atoms with Crippen LogP contribution < -0.4 is 5.32 Å². The molecule has 3 aromatic rings. The Labute approximate surface area is 174 Å². The number of rotatable bonds is 8. The summed E-state index contributed by atoms with van der Waals surface area (Å²) >= 11 is 0. The Hall–Kier alpha value is -2.88. The van der Waals surface area contributed by atoms with E-state index in [4.69, 9.17) is 4.98 Å². The molecule has 0 unspecified atom stereocenters. The molecule has 0 aliphatic rings. The number of unbranched alkanes of at least 4 members (excludes halogenated alkanes) is 3. The molecule has 0 spiro atoms. The molecule has 0 aliphatic heterocycles. The summed E-state index contributed by atoms with van der Waals surface area (Å²) in [6, 6.07) is 16.7. The van der Waals surface area contributed by atoms with Gasteiger partial charge in [-0.25, -0.2) is 4.98 Å². The number of benzene rings is 2. The molecule has 0 radical (unpaired) electrons. The summed E-state index contributed by atoms with van der Waals surface area (Å²) in [6.07, 6.45) is 4.53. The first-order valence-corrected chi connectivity index (χ1v) is 10.5. The Morgan fingerprint density at radius 1 is 0.897 bits per heavy atom. The van der Waals surface area contributed by atoms with Crippen LogP contribution in [0, 0.1) is 13.8 Å². The van der Waals surface area contributed by atoms with Gasteiger partial charge in [-0.15, -0.1) is 0 Å². The lowest BCUT2D eigenvalue weighted by molar-refractivity contribution is 0.0939. The van der Waals surface area contributed by atoms with Crippen molar-refractivity contribution in [2.45, 2.75) is 46.5 Å². The molecule has 1 amide bonds. The molecule has 2 aromatic carbocycles. The van der Waals surface area contributed by atoms with Gasteiger partial charge in [0.15, 0.2) is 5.82 Å². The van der Waals surface area contributed by atoms with Gasteiger partial charge < -0.3 is 9.88 Å². The zero-order chi connectivity index (χ0) is 20.8. The third kappa shape index (κ3) is 4.94. The van der Waals surface area contributed by atoms with Crippen LogP contribution in [-0.4, -0.2) is 22.0 Å². The summed E-state index contributed by atoms with van der Waals surface area (Å²) < 4.78 is 1.92. The van der Waals surface area contributed by atoms with Crippen molar-refractivity contribution in [1.82, 2.24) is 14.9 Å². The molecular weight excluding hydrogens is 358 g/mol. The molecule has 29 heavy (non-hydrogen) atoms. The Kier molecular flexibility index (Phi) is 6.86. The van der Waals surface area contributed by atoms with E-state index < -0.39 is 0 Å². The van der Waals surface area contributed by atoms with E-state index in [0.717, 1.165) is 35.4 Å². The molecule has 1 aromatic heterocycles. The molecule has 0 saturated carbocycles. The molecule has 3 rings (SSSR count). The van der Waals surface area contributed by atoms with E-state index in [9.17, 15) is 4.79 Å². The number of carbonyl (C=O) groups excluding carboxylic acids is 1. The first-order valence-electron chi connectivity index (χ1n) is 10.5. The second kappa shape index (κ2) is 9.55. The van der Waals surface area contributed by atoms with Crippen LogP contribution in [0.3, 0.4) is 0 Å². The third-order valence-corrected chi connectivity index (χ3v) is 5.26. The number of aromatic nitrogens is 2. The SMILES string of the molecule is CCCCCCNC(=O)c1nc(-c2ccc(C)cc2)c(-c2ccc(C)cc2)n1C. The van der Waals surface area contributed by atoms with Crippen LogP contribution in [0.2, 0.25) is 0 Å². The molecule has 0 bridgehead atoms.